The zero-order valence-electron chi connectivity index (χ0n) is 14.3. The van der Waals surface area contributed by atoms with Crippen molar-refractivity contribution in [3.63, 3.8) is 0 Å². The molecule has 132 valence electrons. The van der Waals surface area contributed by atoms with Gasteiger partial charge in [0.1, 0.15) is 17.1 Å². The molecule has 2 atom stereocenters. The number of hydrogen-bond donors (Lipinski definition) is 1. The Morgan fingerprint density at radius 1 is 1.12 bits per heavy atom. The molecule has 2 aliphatic carbocycles. The fourth-order valence-electron chi connectivity index (χ4n) is 3.84. The van der Waals surface area contributed by atoms with Gasteiger partial charge in [0, 0.05) is 18.1 Å². The number of carbonyl (C=O) groups excluding carboxylic acids is 1. The highest BCUT2D eigenvalue weighted by molar-refractivity contribution is 6.13. The minimum Gasteiger partial charge on any atom is -0.496 e. The lowest BCUT2D eigenvalue weighted by atomic mass is 9.88. The number of nitrogens with one attached hydrogen (secondary N) is 1. The van der Waals surface area contributed by atoms with E-state index in [4.69, 9.17) is 21.3 Å². The molecule has 0 bridgehead atoms. The average Bonchev–Trinajstić information content (AvgIpc) is 3.04. The maximum Gasteiger partial charge on any atom is 0.261 e. The van der Waals surface area contributed by atoms with Crippen LogP contribution in [0.15, 0.2) is 18.2 Å². The minimum atomic E-state index is -0.0159. The van der Waals surface area contributed by atoms with E-state index >= 15 is 0 Å². The molecule has 0 unspecified atom stereocenters. The second-order valence-corrected chi connectivity index (χ2v) is 6.77. The standard InChI is InChI=1S/C18H25ClN2O3/c1-23-15-10-5-11-16(24-2)17(15)18(22)21(12-6-3-7-12)14-9-4-8-13(14)20-19/h5,10-14,20H,3-4,6-9H2,1-2H3/t13-,14-/m0/s1. The van der Waals surface area contributed by atoms with Crippen molar-refractivity contribution in [2.24, 2.45) is 0 Å². The van der Waals surface area contributed by atoms with Crippen LogP contribution >= 0.6 is 11.8 Å². The Morgan fingerprint density at radius 2 is 1.75 bits per heavy atom. The molecule has 0 aromatic heterocycles. The molecule has 3 rings (SSSR count). The molecule has 2 fully saturated rings. The van der Waals surface area contributed by atoms with Crippen molar-refractivity contribution in [1.82, 2.24) is 9.74 Å². The van der Waals surface area contributed by atoms with Gasteiger partial charge in [-0.2, -0.15) is 0 Å². The molecule has 2 aliphatic rings. The third kappa shape index (κ3) is 3.07. The maximum absolute atomic E-state index is 13.5. The molecule has 0 heterocycles. The van der Waals surface area contributed by atoms with Gasteiger partial charge in [0.15, 0.2) is 0 Å². The molecule has 1 N–H and O–H groups in total. The summed E-state index contributed by atoms with van der Waals surface area (Å²) < 4.78 is 10.9. The highest BCUT2D eigenvalue weighted by atomic mass is 35.5. The minimum absolute atomic E-state index is 0.0159. The van der Waals surface area contributed by atoms with E-state index in [0.29, 0.717) is 17.1 Å². The van der Waals surface area contributed by atoms with Crippen LogP contribution in [0.3, 0.4) is 0 Å². The van der Waals surface area contributed by atoms with E-state index in [9.17, 15) is 4.79 Å². The third-order valence-electron chi connectivity index (χ3n) is 5.32. The Kier molecular flexibility index (Phi) is 5.51. The highest BCUT2D eigenvalue weighted by Crippen LogP contribution is 2.37. The number of rotatable bonds is 6. The summed E-state index contributed by atoms with van der Waals surface area (Å²) in [4.78, 5) is 18.4. The first-order valence-corrected chi connectivity index (χ1v) is 8.98. The average molecular weight is 353 g/mol. The van der Waals surface area contributed by atoms with E-state index in [0.717, 1.165) is 32.1 Å². The number of halogens is 1. The first-order chi connectivity index (χ1) is 11.7. The predicted octanol–water partition coefficient (Wildman–Crippen LogP) is 3.36. The molecule has 1 amide bonds. The van der Waals surface area contributed by atoms with Crippen molar-refractivity contribution in [2.45, 2.75) is 56.7 Å². The van der Waals surface area contributed by atoms with Crippen LogP contribution in [-0.2, 0) is 0 Å². The van der Waals surface area contributed by atoms with Crippen LogP contribution in [0.5, 0.6) is 11.5 Å². The number of carbonyl (C=O) groups is 1. The molecular weight excluding hydrogens is 328 g/mol. The molecule has 0 aliphatic heterocycles. The molecule has 1 aromatic carbocycles. The van der Waals surface area contributed by atoms with Gasteiger partial charge in [0.2, 0.25) is 0 Å². The van der Waals surface area contributed by atoms with Crippen LogP contribution in [-0.4, -0.2) is 43.2 Å². The molecular formula is C18H25ClN2O3. The summed E-state index contributed by atoms with van der Waals surface area (Å²) in [5.74, 6) is 1.09. The van der Waals surface area contributed by atoms with E-state index in [1.165, 1.54) is 6.42 Å². The van der Waals surface area contributed by atoms with E-state index in [1.807, 2.05) is 11.0 Å². The molecule has 0 saturated heterocycles. The van der Waals surface area contributed by atoms with Crippen molar-refractivity contribution in [3.8, 4) is 11.5 Å². The Bertz CT molecular complexity index is 569. The van der Waals surface area contributed by atoms with Gasteiger partial charge in [-0.05, 0) is 62.4 Å². The van der Waals surface area contributed by atoms with Crippen molar-refractivity contribution in [3.05, 3.63) is 23.8 Å². The Hall–Kier alpha value is -1.46. The fourth-order valence-corrected chi connectivity index (χ4v) is 4.10. The second-order valence-electron chi connectivity index (χ2n) is 6.55. The van der Waals surface area contributed by atoms with Crippen LogP contribution in [0.4, 0.5) is 0 Å². The quantitative estimate of drug-likeness (QED) is 0.797. The van der Waals surface area contributed by atoms with Crippen molar-refractivity contribution < 1.29 is 14.3 Å². The molecule has 24 heavy (non-hydrogen) atoms. The zero-order chi connectivity index (χ0) is 17.1. The summed E-state index contributed by atoms with van der Waals surface area (Å²) in [7, 11) is 3.16. The van der Waals surface area contributed by atoms with Crippen LogP contribution in [0.25, 0.3) is 0 Å². The van der Waals surface area contributed by atoms with Crippen molar-refractivity contribution >= 4 is 17.7 Å². The van der Waals surface area contributed by atoms with Crippen LogP contribution < -0.4 is 14.3 Å². The van der Waals surface area contributed by atoms with E-state index in [-0.39, 0.29) is 24.0 Å². The number of ether oxygens (including phenoxy) is 2. The number of methoxy groups -OCH3 is 2. The number of amides is 1. The molecule has 5 nitrogen and oxygen atoms in total. The number of nitrogens with zero attached hydrogens (tertiary/aromatic N) is 1. The molecule has 0 radical (unpaired) electrons. The van der Waals surface area contributed by atoms with Crippen LogP contribution in [0.1, 0.15) is 48.9 Å². The summed E-state index contributed by atoms with van der Waals surface area (Å²) in [5.41, 5.74) is 0.509. The Labute approximate surface area is 148 Å². The first-order valence-electron chi connectivity index (χ1n) is 8.61. The molecule has 1 aromatic rings. The van der Waals surface area contributed by atoms with Gasteiger partial charge >= 0.3 is 0 Å². The van der Waals surface area contributed by atoms with E-state index in [2.05, 4.69) is 4.84 Å². The molecule has 0 spiro atoms. The summed E-state index contributed by atoms with van der Waals surface area (Å²) in [5, 5.41) is 0. The summed E-state index contributed by atoms with van der Waals surface area (Å²) in [6.45, 7) is 0. The molecule has 6 heteroatoms. The summed E-state index contributed by atoms with van der Waals surface area (Å²) >= 11 is 5.94. The first kappa shape index (κ1) is 17.4. The fraction of sp³-hybridized carbons (Fsp3) is 0.611. The monoisotopic (exact) mass is 352 g/mol. The van der Waals surface area contributed by atoms with Gasteiger partial charge < -0.3 is 14.4 Å². The lowest BCUT2D eigenvalue weighted by molar-refractivity contribution is 0.0408. The van der Waals surface area contributed by atoms with Gasteiger partial charge in [-0.3, -0.25) is 4.79 Å². The van der Waals surface area contributed by atoms with Crippen LogP contribution in [0, 0.1) is 0 Å². The SMILES string of the molecule is COc1cccc(OC)c1C(=O)N(C1CCC1)[C@H]1CCC[C@@H]1NCl. The van der Waals surface area contributed by atoms with E-state index in [1.54, 1.807) is 26.4 Å². The zero-order valence-corrected chi connectivity index (χ0v) is 15.0. The van der Waals surface area contributed by atoms with Crippen LogP contribution in [0.2, 0.25) is 0 Å². The Morgan fingerprint density at radius 3 is 2.25 bits per heavy atom. The predicted molar refractivity (Wildman–Crippen MR) is 93.8 cm³/mol. The smallest absolute Gasteiger partial charge is 0.261 e. The Balaban J connectivity index is 1.98. The summed E-state index contributed by atoms with van der Waals surface area (Å²) in [6.07, 6.45) is 6.32. The van der Waals surface area contributed by atoms with Crippen molar-refractivity contribution in [1.29, 1.82) is 0 Å². The third-order valence-corrected chi connectivity index (χ3v) is 5.60. The topological polar surface area (TPSA) is 50.8 Å². The largest absolute Gasteiger partial charge is 0.496 e. The lowest BCUT2D eigenvalue weighted by Gasteiger charge is -2.43. The number of hydrogen-bond acceptors (Lipinski definition) is 4. The van der Waals surface area contributed by atoms with Gasteiger partial charge in [0.05, 0.1) is 14.2 Å². The highest BCUT2D eigenvalue weighted by Gasteiger charge is 2.41. The summed E-state index contributed by atoms with van der Waals surface area (Å²) in [6, 6.07) is 5.98. The second kappa shape index (κ2) is 7.62. The van der Waals surface area contributed by atoms with Gasteiger partial charge in [-0.1, -0.05) is 6.07 Å². The van der Waals surface area contributed by atoms with Gasteiger partial charge in [0.25, 0.3) is 5.91 Å². The van der Waals surface area contributed by atoms with Crippen molar-refractivity contribution in [2.75, 3.05) is 14.2 Å². The number of benzene rings is 1. The van der Waals surface area contributed by atoms with Gasteiger partial charge in [-0.15, -0.1) is 0 Å². The maximum atomic E-state index is 13.5. The van der Waals surface area contributed by atoms with E-state index < -0.39 is 0 Å². The molecule has 2 saturated carbocycles. The van der Waals surface area contributed by atoms with Gasteiger partial charge in [-0.25, -0.2) is 4.84 Å². The normalized spacial score (nSPS) is 23.6. The lowest BCUT2D eigenvalue weighted by Crippen LogP contribution is -2.54.